The summed E-state index contributed by atoms with van der Waals surface area (Å²) in [5.41, 5.74) is 0.408. The minimum atomic E-state index is -1.17. The largest absolute Gasteiger partial charge is 0.497 e. The fourth-order valence-corrected chi connectivity index (χ4v) is 3.98. The predicted octanol–water partition coefficient (Wildman–Crippen LogP) is 4.31. The molecule has 0 aliphatic carbocycles. The molecular weight excluding hydrogens is 471 g/mol. The summed E-state index contributed by atoms with van der Waals surface area (Å²) >= 11 is 1.25. The number of nitrogens with one attached hydrogen (secondary N) is 2. The number of nitrogens with zero attached hydrogens (tertiary/aromatic N) is 2. The van der Waals surface area contributed by atoms with Gasteiger partial charge in [-0.25, -0.2) is 9.37 Å². The van der Waals surface area contributed by atoms with Crippen molar-refractivity contribution in [1.29, 1.82) is 0 Å². The molecule has 1 atom stereocenters. The van der Waals surface area contributed by atoms with E-state index in [0.717, 1.165) is 4.90 Å². The molecule has 10 heteroatoms. The maximum atomic E-state index is 14.9. The van der Waals surface area contributed by atoms with E-state index in [9.17, 15) is 18.8 Å². The summed E-state index contributed by atoms with van der Waals surface area (Å²) in [6.45, 7) is 3.59. The van der Waals surface area contributed by atoms with Gasteiger partial charge in [0.1, 0.15) is 17.6 Å². The second kappa shape index (κ2) is 12.1. The Kier molecular flexibility index (Phi) is 8.91. The molecule has 3 aromatic rings. The maximum absolute atomic E-state index is 14.9. The topological polar surface area (TPSA) is 101 Å². The van der Waals surface area contributed by atoms with Gasteiger partial charge in [0, 0.05) is 30.5 Å². The highest BCUT2D eigenvalue weighted by Gasteiger charge is 2.34. The Morgan fingerprint density at radius 1 is 1.09 bits per heavy atom. The summed E-state index contributed by atoms with van der Waals surface area (Å²) in [5.74, 6) is -1.56. The molecule has 0 radical (unpaired) electrons. The number of hydrogen-bond acceptors (Lipinski definition) is 6. The van der Waals surface area contributed by atoms with Crippen LogP contribution in [-0.2, 0) is 14.4 Å². The number of para-hydroxylation sites is 1. The predicted molar refractivity (Wildman–Crippen MR) is 133 cm³/mol. The summed E-state index contributed by atoms with van der Waals surface area (Å²) in [7, 11) is 1.52. The number of ether oxygens (including phenoxy) is 1. The molecule has 3 rings (SSSR count). The van der Waals surface area contributed by atoms with Gasteiger partial charge < -0.3 is 15.4 Å². The molecule has 2 N–H and O–H groups in total. The van der Waals surface area contributed by atoms with Crippen LogP contribution in [0.3, 0.4) is 0 Å². The number of hydrogen-bond donors (Lipinski definition) is 2. The third-order valence-electron chi connectivity index (χ3n) is 4.99. The molecule has 0 bridgehead atoms. The molecule has 0 saturated heterocycles. The van der Waals surface area contributed by atoms with Crippen LogP contribution in [0.2, 0.25) is 0 Å². The van der Waals surface area contributed by atoms with Crippen molar-refractivity contribution in [2.45, 2.75) is 38.8 Å². The van der Waals surface area contributed by atoms with Crippen LogP contribution < -0.4 is 20.3 Å². The van der Waals surface area contributed by atoms with Crippen molar-refractivity contribution in [2.24, 2.45) is 0 Å². The lowest BCUT2D eigenvalue weighted by atomic mass is 10.0. The van der Waals surface area contributed by atoms with Gasteiger partial charge in [-0.3, -0.25) is 19.3 Å². The maximum Gasteiger partial charge on any atom is 0.248 e. The first-order valence-corrected chi connectivity index (χ1v) is 11.9. The Bertz CT molecular complexity index is 1150. The molecule has 1 heterocycles. The molecule has 184 valence electrons. The number of benzene rings is 2. The summed E-state index contributed by atoms with van der Waals surface area (Å²) in [6.07, 6.45) is 1.15. The Labute approximate surface area is 207 Å². The van der Waals surface area contributed by atoms with Gasteiger partial charge in [-0.1, -0.05) is 24.3 Å². The van der Waals surface area contributed by atoms with E-state index >= 15 is 0 Å². The zero-order valence-corrected chi connectivity index (χ0v) is 20.5. The van der Waals surface area contributed by atoms with Crippen LogP contribution in [0.4, 0.5) is 15.2 Å². The lowest BCUT2D eigenvalue weighted by Gasteiger charge is -2.32. The number of rotatable bonds is 10. The highest BCUT2D eigenvalue weighted by Crippen LogP contribution is 2.32. The Hall–Kier alpha value is -3.79. The smallest absolute Gasteiger partial charge is 0.248 e. The minimum absolute atomic E-state index is 0.0578. The molecule has 0 saturated carbocycles. The fraction of sp³-hybridized carbons (Fsp3) is 0.280. The van der Waals surface area contributed by atoms with Crippen molar-refractivity contribution in [3.63, 3.8) is 0 Å². The quantitative estimate of drug-likeness (QED) is 0.434. The van der Waals surface area contributed by atoms with Crippen LogP contribution in [0.15, 0.2) is 60.1 Å². The molecule has 0 aliphatic heterocycles. The molecule has 0 spiro atoms. The molecule has 8 nitrogen and oxygen atoms in total. The first kappa shape index (κ1) is 25.8. The summed E-state index contributed by atoms with van der Waals surface area (Å²) in [5, 5.41) is 7.57. The Morgan fingerprint density at radius 3 is 2.40 bits per heavy atom. The molecule has 1 aromatic heterocycles. The van der Waals surface area contributed by atoms with Crippen LogP contribution in [0.5, 0.6) is 5.75 Å². The van der Waals surface area contributed by atoms with E-state index in [0.29, 0.717) is 16.4 Å². The number of carbonyl (C=O) groups is 3. The average Bonchev–Trinajstić information content (AvgIpc) is 3.34. The van der Waals surface area contributed by atoms with Crippen LogP contribution in [0, 0.1) is 5.82 Å². The van der Waals surface area contributed by atoms with Crippen molar-refractivity contribution in [3.8, 4) is 5.75 Å². The Morgan fingerprint density at radius 2 is 1.80 bits per heavy atom. The van der Waals surface area contributed by atoms with Gasteiger partial charge in [-0.05, 0) is 43.7 Å². The van der Waals surface area contributed by atoms with E-state index in [1.165, 1.54) is 36.6 Å². The number of anilines is 2. The standard InChI is InChI=1S/C25H27FN4O4S/c1-16(2)28-24(33)23(17-8-10-18(34-3)11-9-17)30(20-7-5-4-6-19(20)26)22(32)13-12-21(31)29-25-27-14-15-35-25/h4-11,14-16,23H,12-13H2,1-3H3,(H,28,33)(H,27,29,31)/t23-/m1/s1. The van der Waals surface area contributed by atoms with Crippen LogP contribution >= 0.6 is 11.3 Å². The molecule has 0 unspecified atom stereocenters. The molecular formula is C25H27FN4O4S. The van der Waals surface area contributed by atoms with Crippen LogP contribution in [-0.4, -0.2) is 35.9 Å². The highest BCUT2D eigenvalue weighted by molar-refractivity contribution is 7.13. The number of amides is 3. The lowest BCUT2D eigenvalue weighted by Crippen LogP contribution is -2.46. The monoisotopic (exact) mass is 498 g/mol. The van der Waals surface area contributed by atoms with Gasteiger partial charge in [0.15, 0.2) is 5.13 Å². The van der Waals surface area contributed by atoms with Crippen LogP contribution in [0.1, 0.15) is 38.3 Å². The first-order valence-electron chi connectivity index (χ1n) is 11.0. The fourth-order valence-electron chi connectivity index (χ4n) is 3.44. The van der Waals surface area contributed by atoms with Crippen molar-refractivity contribution < 1.29 is 23.5 Å². The van der Waals surface area contributed by atoms with Gasteiger partial charge in [0.25, 0.3) is 0 Å². The van der Waals surface area contributed by atoms with E-state index in [2.05, 4.69) is 15.6 Å². The van der Waals surface area contributed by atoms with Gasteiger partial charge in [0.05, 0.1) is 12.8 Å². The second-order valence-corrected chi connectivity index (χ2v) is 8.83. The average molecular weight is 499 g/mol. The minimum Gasteiger partial charge on any atom is -0.497 e. The van der Waals surface area contributed by atoms with E-state index in [1.54, 1.807) is 55.8 Å². The number of methoxy groups -OCH3 is 1. The van der Waals surface area contributed by atoms with E-state index in [1.807, 2.05) is 0 Å². The molecule has 2 aromatic carbocycles. The third-order valence-corrected chi connectivity index (χ3v) is 5.68. The number of aromatic nitrogens is 1. The zero-order valence-electron chi connectivity index (χ0n) is 19.7. The van der Waals surface area contributed by atoms with E-state index in [-0.39, 0.29) is 24.6 Å². The second-order valence-electron chi connectivity index (χ2n) is 7.94. The van der Waals surface area contributed by atoms with E-state index in [4.69, 9.17) is 4.74 Å². The summed E-state index contributed by atoms with van der Waals surface area (Å²) in [6, 6.07) is 11.0. The normalized spacial score (nSPS) is 11.6. The Balaban J connectivity index is 1.96. The van der Waals surface area contributed by atoms with Crippen molar-refractivity contribution >= 4 is 39.9 Å². The number of halogens is 1. The summed E-state index contributed by atoms with van der Waals surface area (Å²) < 4.78 is 20.1. The van der Waals surface area contributed by atoms with Crippen molar-refractivity contribution in [1.82, 2.24) is 10.3 Å². The SMILES string of the molecule is COc1ccc([C@H](C(=O)NC(C)C)N(C(=O)CCC(=O)Nc2nccs2)c2ccccc2F)cc1. The van der Waals surface area contributed by atoms with Crippen LogP contribution in [0.25, 0.3) is 0 Å². The molecule has 35 heavy (non-hydrogen) atoms. The van der Waals surface area contributed by atoms with Gasteiger partial charge in [0.2, 0.25) is 17.7 Å². The number of carbonyl (C=O) groups excluding carboxylic acids is 3. The zero-order chi connectivity index (χ0) is 25.4. The summed E-state index contributed by atoms with van der Waals surface area (Å²) in [4.78, 5) is 44.3. The van der Waals surface area contributed by atoms with Gasteiger partial charge in [-0.15, -0.1) is 11.3 Å². The van der Waals surface area contributed by atoms with Crippen molar-refractivity contribution in [3.05, 3.63) is 71.5 Å². The van der Waals surface area contributed by atoms with Gasteiger partial charge >= 0.3 is 0 Å². The van der Waals surface area contributed by atoms with Gasteiger partial charge in [-0.2, -0.15) is 0 Å². The van der Waals surface area contributed by atoms with E-state index < -0.39 is 29.6 Å². The molecule has 0 aliphatic rings. The first-order chi connectivity index (χ1) is 16.8. The highest BCUT2D eigenvalue weighted by atomic mass is 32.1. The molecule has 0 fully saturated rings. The third kappa shape index (κ3) is 6.86. The van der Waals surface area contributed by atoms with Crippen molar-refractivity contribution in [2.75, 3.05) is 17.3 Å². The number of thiazole rings is 1. The molecule has 3 amide bonds. The lowest BCUT2D eigenvalue weighted by molar-refractivity contribution is -0.127.